The fourth-order valence-corrected chi connectivity index (χ4v) is 1.48. The van der Waals surface area contributed by atoms with Gasteiger partial charge in [-0.1, -0.05) is 0 Å². The van der Waals surface area contributed by atoms with Gasteiger partial charge in [-0.2, -0.15) is 31.4 Å². The Morgan fingerprint density at radius 3 is 2.20 bits per heavy atom. The normalized spacial score (nSPS) is 12.9. The lowest BCUT2D eigenvalue weighted by atomic mass is 10.2. The number of rotatable bonds is 1. The minimum Gasteiger partial charge on any atom is -0.365 e. The van der Waals surface area contributed by atoms with E-state index in [2.05, 4.69) is 10.1 Å². The molecule has 2 heterocycles. The number of fused-ring (bicyclic) bond motifs is 1. The molecule has 2 N–H and O–H groups in total. The first-order chi connectivity index (χ1) is 9.01. The second-order valence-electron chi connectivity index (χ2n) is 3.68. The summed E-state index contributed by atoms with van der Waals surface area (Å²) in [4.78, 5) is 13.9. The van der Waals surface area contributed by atoms with E-state index in [9.17, 15) is 31.1 Å². The second-order valence-corrected chi connectivity index (χ2v) is 3.68. The van der Waals surface area contributed by atoms with E-state index in [4.69, 9.17) is 5.73 Å². The van der Waals surface area contributed by atoms with E-state index in [0.29, 0.717) is 6.20 Å². The van der Waals surface area contributed by atoms with Crippen molar-refractivity contribution in [2.75, 3.05) is 0 Å². The summed E-state index contributed by atoms with van der Waals surface area (Å²) in [5.74, 6) is -1.24. The van der Waals surface area contributed by atoms with Crippen LogP contribution in [0.25, 0.3) is 5.65 Å². The third-order valence-electron chi connectivity index (χ3n) is 2.32. The van der Waals surface area contributed by atoms with E-state index in [1.807, 2.05) is 0 Å². The van der Waals surface area contributed by atoms with Crippen molar-refractivity contribution in [1.82, 2.24) is 14.6 Å². The Labute approximate surface area is 106 Å². The van der Waals surface area contributed by atoms with Crippen LogP contribution >= 0.6 is 0 Å². The predicted octanol–water partition coefficient (Wildman–Crippen LogP) is 1.87. The molecule has 0 spiro atoms. The molecule has 0 radical (unpaired) electrons. The zero-order valence-electron chi connectivity index (χ0n) is 9.25. The SMILES string of the molecule is NC(=O)c1cnn2c(C(F)(F)F)cc(C(F)(F)F)nc12. The van der Waals surface area contributed by atoms with Gasteiger partial charge in [0.2, 0.25) is 0 Å². The van der Waals surface area contributed by atoms with Crippen LogP contribution in [0.5, 0.6) is 0 Å². The number of nitrogens with zero attached hydrogens (tertiary/aromatic N) is 3. The van der Waals surface area contributed by atoms with Gasteiger partial charge in [0.05, 0.1) is 6.20 Å². The Morgan fingerprint density at radius 2 is 1.75 bits per heavy atom. The molecule has 2 aromatic heterocycles. The number of halogens is 6. The number of carbonyl (C=O) groups excluding carboxylic acids is 1. The van der Waals surface area contributed by atoms with E-state index in [0.717, 1.165) is 0 Å². The maximum Gasteiger partial charge on any atom is 0.433 e. The Balaban J connectivity index is 2.88. The summed E-state index contributed by atoms with van der Waals surface area (Å²) in [6.07, 6.45) is -9.59. The van der Waals surface area contributed by atoms with Crippen molar-refractivity contribution < 1.29 is 31.1 Å². The van der Waals surface area contributed by atoms with Gasteiger partial charge in [0.1, 0.15) is 11.3 Å². The highest BCUT2D eigenvalue weighted by molar-refractivity contribution is 5.98. The summed E-state index contributed by atoms with van der Waals surface area (Å²) in [7, 11) is 0. The van der Waals surface area contributed by atoms with Crippen LogP contribution in [0.3, 0.4) is 0 Å². The third-order valence-corrected chi connectivity index (χ3v) is 2.32. The summed E-state index contributed by atoms with van der Waals surface area (Å²) in [6.45, 7) is 0. The number of aromatic nitrogens is 3. The minimum atomic E-state index is -5.11. The molecular formula is C9H4F6N4O. The van der Waals surface area contributed by atoms with Crippen molar-refractivity contribution in [3.8, 4) is 0 Å². The maximum atomic E-state index is 12.7. The largest absolute Gasteiger partial charge is 0.433 e. The molecule has 0 aliphatic rings. The van der Waals surface area contributed by atoms with Gasteiger partial charge in [-0.25, -0.2) is 9.50 Å². The summed E-state index contributed by atoms with van der Waals surface area (Å²) in [5, 5.41) is 3.20. The van der Waals surface area contributed by atoms with Crippen molar-refractivity contribution >= 4 is 11.6 Å². The van der Waals surface area contributed by atoms with E-state index >= 15 is 0 Å². The highest BCUT2D eigenvalue weighted by Crippen LogP contribution is 2.35. The first-order valence-electron chi connectivity index (χ1n) is 4.85. The first kappa shape index (κ1) is 14.1. The molecule has 108 valence electrons. The number of nitrogens with two attached hydrogens (primary N) is 1. The van der Waals surface area contributed by atoms with Gasteiger partial charge < -0.3 is 5.73 Å². The van der Waals surface area contributed by atoms with Crippen molar-refractivity contribution in [3.05, 3.63) is 29.2 Å². The van der Waals surface area contributed by atoms with Crippen LogP contribution in [-0.4, -0.2) is 20.5 Å². The monoisotopic (exact) mass is 298 g/mol. The number of hydrogen-bond donors (Lipinski definition) is 1. The van der Waals surface area contributed by atoms with E-state index in [-0.39, 0.29) is 10.6 Å². The van der Waals surface area contributed by atoms with Crippen LogP contribution in [0, 0.1) is 0 Å². The van der Waals surface area contributed by atoms with Crippen LogP contribution in [-0.2, 0) is 12.4 Å². The Morgan fingerprint density at radius 1 is 1.15 bits per heavy atom. The quantitative estimate of drug-likeness (QED) is 0.817. The fraction of sp³-hybridized carbons (Fsp3) is 0.222. The average molecular weight is 298 g/mol. The van der Waals surface area contributed by atoms with Gasteiger partial charge >= 0.3 is 12.4 Å². The van der Waals surface area contributed by atoms with Crippen molar-refractivity contribution in [1.29, 1.82) is 0 Å². The van der Waals surface area contributed by atoms with Gasteiger partial charge in [0.15, 0.2) is 11.3 Å². The van der Waals surface area contributed by atoms with Gasteiger partial charge in [-0.15, -0.1) is 0 Å². The number of carbonyl (C=O) groups is 1. The van der Waals surface area contributed by atoms with E-state index in [1.165, 1.54) is 0 Å². The van der Waals surface area contributed by atoms with Gasteiger partial charge in [0.25, 0.3) is 5.91 Å². The fourth-order valence-electron chi connectivity index (χ4n) is 1.48. The Kier molecular flexibility index (Phi) is 2.87. The van der Waals surface area contributed by atoms with E-state index < -0.39 is 40.9 Å². The number of primary amides is 1. The molecule has 0 saturated carbocycles. The van der Waals surface area contributed by atoms with E-state index in [1.54, 1.807) is 0 Å². The highest BCUT2D eigenvalue weighted by Gasteiger charge is 2.40. The Bertz CT molecular complexity index is 686. The highest BCUT2D eigenvalue weighted by atomic mass is 19.4. The first-order valence-corrected chi connectivity index (χ1v) is 4.85. The van der Waals surface area contributed by atoms with Gasteiger partial charge in [0, 0.05) is 0 Å². The lowest BCUT2D eigenvalue weighted by Gasteiger charge is -2.12. The van der Waals surface area contributed by atoms with Crippen LogP contribution in [0.15, 0.2) is 12.3 Å². The zero-order valence-corrected chi connectivity index (χ0v) is 9.25. The molecule has 0 fully saturated rings. The molecule has 20 heavy (non-hydrogen) atoms. The molecule has 0 bridgehead atoms. The summed E-state index contributed by atoms with van der Waals surface area (Å²) >= 11 is 0. The van der Waals surface area contributed by atoms with Gasteiger partial charge in [-0.05, 0) is 6.07 Å². The molecule has 11 heteroatoms. The standard InChI is InChI=1S/C9H4F6N4O/c10-8(11,12)4-1-5(9(13,14)15)19-7(18-4)3(2-17-19)6(16)20/h1-2H,(H2,16,20). The molecule has 5 nitrogen and oxygen atoms in total. The summed E-state index contributed by atoms with van der Waals surface area (Å²) in [6, 6.07) is -0.190. The topological polar surface area (TPSA) is 73.3 Å². The van der Waals surface area contributed by atoms with Crippen LogP contribution in [0.1, 0.15) is 21.7 Å². The van der Waals surface area contributed by atoms with Crippen molar-refractivity contribution in [2.24, 2.45) is 5.73 Å². The molecule has 0 aliphatic carbocycles. The predicted molar refractivity (Wildman–Crippen MR) is 51.5 cm³/mol. The minimum absolute atomic E-state index is 0.0926. The molecule has 0 atom stereocenters. The Hall–Kier alpha value is -2.33. The van der Waals surface area contributed by atoms with Crippen LogP contribution in [0.4, 0.5) is 26.3 Å². The van der Waals surface area contributed by atoms with Gasteiger partial charge in [-0.3, -0.25) is 4.79 Å². The molecule has 2 aromatic rings. The molecule has 0 aromatic carbocycles. The summed E-state index contributed by atoms with van der Waals surface area (Å²) < 4.78 is 75.9. The third kappa shape index (κ3) is 2.26. The molecular weight excluding hydrogens is 294 g/mol. The number of amides is 1. The lowest BCUT2D eigenvalue weighted by Crippen LogP contribution is -2.19. The zero-order chi connectivity index (χ0) is 15.3. The number of hydrogen-bond acceptors (Lipinski definition) is 3. The molecule has 1 amide bonds. The summed E-state index contributed by atoms with van der Waals surface area (Å²) in [5.41, 5.74) is -0.190. The van der Waals surface area contributed by atoms with Crippen LogP contribution < -0.4 is 5.73 Å². The smallest absolute Gasteiger partial charge is 0.365 e. The lowest BCUT2D eigenvalue weighted by molar-refractivity contribution is -0.148. The van der Waals surface area contributed by atoms with Crippen molar-refractivity contribution in [3.63, 3.8) is 0 Å². The van der Waals surface area contributed by atoms with Crippen molar-refractivity contribution in [2.45, 2.75) is 12.4 Å². The molecule has 2 rings (SSSR count). The van der Waals surface area contributed by atoms with Crippen LogP contribution in [0.2, 0.25) is 0 Å². The average Bonchev–Trinajstić information content (AvgIpc) is 2.68. The maximum absolute atomic E-state index is 12.7. The molecule has 0 aliphatic heterocycles. The second kappa shape index (κ2) is 4.08. The molecule has 0 saturated heterocycles. The number of alkyl halides is 6. The molecule has 0 unspecified atom stereocenters.